The average Bonchev–Trinajstić information content (AvgIpc) is 2.97. The van der Waals surface area contributed by atoms with Crippen molar-refractivity contribution in [2.45, 2.75) is 50.7 Å². The molecule has 1 heterocycles. The summed E-state index contributed by atoms with van der Waals surface area (Å²) in [5.74, 6) is 0. The lowest BCUT2D eigenvalue weighted by atomic mass is 10.0. The highest BCUT2D eigenvalue weighted by molar-refractivity contribution is 7.06. The molecular formula is C35H38OSi. The maximum Gasteiger partial charge on any atom is 0.143 e. The van der Waals surface area contributed by atoms with Crippen molar-refractivity contribution in [3.63, 3.8) is 0 Å². The van der Waals surface area contributed by atoms with Gasteiger partial charge in [0.05, 0.1) is 6.10 Å². The molecule has 4 aromatic rings. The molecular weight excluding hydrogens is 464 g/mol. The van der Waals surface area contributed by atoms with E-state index in [-0.39, 0.29) is 6.10 Å². The Morgan fingerprint density at radius 1 is 0.568 bits per heavy atom. The molecule has 0 aromatic heterocycles. The Morgan fingerprint density at radius 2 is 1.05 bits per heavy atom. The van der Waals surface area contributed by atoms with Crippen molar-refractivity contribution < 1.29 is 4.74 Å². The van der Waals surface area contributed by atoms with Crippen LogP contribution < -0.4 is 10.4 Å². The van der Waals surface area contributed by atoms with E-state index in [1.54, 1.807) is 5.57 Å². The van der Waals surface area contributed by atoms with Crippen molar-refractivity contribution in [2.75, 3.05) is 6.61 Å². The molecule has 0 spiro atoms. The summed E-state index contributed by atoms with van der Waals surface area (Å²) in [7, 11) is -2.10. The molecule has 0 N–H and O–H groups in total. The fraction of sp³-hybridized carbons (Fsp3) is 0.257. The monoisotopic (exact) mass is 502 g/mol. The zero-order chi connectivity index (χ0) is 25.2. The van der Waals surface area contributed by atoms with Gasteiger partial charge in [-0.05, 0) is 66.1 Å². The molecule has 0 radical (unpaired) electrons. The summed E-state index contributed by atoms with van der Waals surface area (Å²) in [5.41, 5.74) is 7.15. The normalized spacial score (nSPS) is 16.8. The Kier molecular flexibility index (Phi) is 8.84. The molecule has 0 bridgehead atoms. The highest BCUT2D eigenvalue weighted by Gasteiger charge is 2.41. The number of hydrogen-bond donors (Lipinski definition) is 0. The third-order valence-electron chi connectivity index (χ3n) is 7.68. The van der Waals surface area contributed by atoms with Gasteiger partial charge in [-0.25, -0.2) is 0 Å². The van der Waals surface area contributed by atoms with Gasteiger partial charge in [-0.2, -0.15) is 0 Å². The van der Waals surface area contributed by atoms with Gasteiger partial charge in [0.1, 0.15) is 8.07 Å². The van der Waals surface area contributed by atoms with Crippen LogP contribution in [0.15, 0.2) is 133 Å². The van der Waals surface area contributed by atoms with Crippen LogP contribution in [0.25, 0.3) is 0 Å². The van der Waals surface area contributed by atoms with Gasteiger partial charge in [0.2, 0.25) is 0 Å². The topological polar surface area (TPSA) is 9.23 Å². The molecule has 5 rings (SSSR count). The second-order valence-corrected chi connectivity index (χ2v) is 14.1. The number of rotatable bonds is 11. The van der Waals surface area contributed by atoms with Gasteiger partial charge in [-0.1, -0.05) is 133 Å². The summed E-state index contributed by atoms with van der Waals surface area (Å²) in [6.45, 7) is 0.824. The van der Waals surface area contributed by atoms with Crippen LogP contribution in [-0.2, 0) is 17.6 Å². The minimum Gasteiger partial charge on any atom is -0.378 e. The predicted molar refractivity (Wildman–Crippen MR) is 159 cm³/mol. The Balaban J connectivity index is 1.36. The first-order valence-corrected chi connectivity index (χ1v) is 16.1. The first-order valence-electron chi connectivity index (χ1n) is 13.8. The van der Waals surface area contributed by atoms with Crippen molar-refractivity contribution in [1.82, 2.24) is 0 Å². The van der Waals surface area contributed by atoms with Crippen LogP contribution in [-0.4, -0.2) is 20.8 Å². The van der Waals surface area contributed by atoms with E-state index >= 15 is 0 Å². The summed E-state index contributed by atoms with van der Waals surface area (Å²) in [4.78, 5) is 0. The first-order chi connectivity index (χ1) is 18.3. The molecule has 188 valence electrons. The minimum absolute atomic E-state index is 0.277. The van der Waals surface area contributed by atoms with Crippen LogP contribution in [0.1, 0.15) is 36.8 Å². The first kappa shape index (κ1) is 25.4. The fourth-order valence-corrected chi connectivity index (χ4v) is 10.6. The van der Waals surface area contributed by atoms with E-state index in [0.29, 0.717) is 0 Å². The van der Waals surface area contributed by atoms with Crippen LogP contribution in [0.3, 0.4) is 0 Å². The van der Waals surface area contributed by atoms with Crippen LogP contribution in [0.5, 0.6) is 0 Å². The van der Waals surface area contributed by atoms with E-state index in [0.717, 1.165) is 44.8 Å². The fourth-order valence-electron chi connectivity index (χ4n) is 5.86. The zero-order valence-corrected chi connectivity index (χ0v) is 22.8. The van der Waals surface area contributed by atoms with Gasteiger partial charge >= 0.3 is 0 Å². The third kappa shape index (κ3) is 6.77. The molecule has 0 amide bonds. The maximum atomic E-state index is 6.69. The van der Waals surface area contributed by atoms with Crippen LogP contribution in [0.2, 0.25) is 6.04 Å². The van der Waals surface area contributed by atoms with Gasteiger partial charge in [0.15, 0.2) is 0 Å². The molecule has 1 unspecified atom stereocenters. The summed E-state index contributed by atoms with van der Waals surface area (Å²) in [6.07, 6.45) is 6.95. The van der Waals surface area contributed by atoms with Gasteiger partial charge < -0.3 is 4.74 Å². The highest BCUT2D eigenvalue weighted by Crippen LogP contribution is 2.31. The van der Waals surface area contributed by atoms with Gasteiger partial charge in [0, 0.05) is 6.61 Å². The maximum absolute atomic E-state index is 6.69. The van der Waals surface area contributed by atoms with Crippen molar-refractivity contribution in [2.24, 2.45) is 0 Å². The molecule has 1 atom stereocenters. The number of hydrogen-bond acceptors (Lipinski definition) is 1. The Bertz CT molecular complexity index is 1200. The molecule has 1 aliphatic rings. The van der Waals surface area contributed by atoms with E-state index in [2.05, 4.69) is 127 Å². The summed E-state index contributed by atoms with van der Waals surface area (Å²) < 4.78 is 6.69. The Labute approximate surface area is 223 Å². The predicted octanol–water partition coefficient (Wildman–Crippen LogP) is 7.16. The quantitative estimate of drug-likeness (QED) is 0.156. The summed E-state index contributed by atoms with van der Waals surface area (Å²) in [5, 5.41) is 3.00. The summed E-state index contributed by atoms with van der Waals surface area (Å²) in [6, 6.07) is 45.3. The van der Waals surface area contributed by atoms with Gasteiger partial charge in [-0.15, -0.1) is 0 Å². The Morgan fingerprint density at radius 3 is 1.59 bits per heavy atom. The van der Waals surface area contributed by atoms with Gasteiger partial charge in [0.25, 0.3) is 0 Å². The lowest BCUT2D eigenvalue weighted by Crippen LogP contribution is -2.60. The van der Waals surface area contributed by atoms with Crippen molar-refractivity contribution in [3.05, 3.63) is 144 Å². The Hall–Kier alpha value is -3.20. The second-order valence-electron chi connectivity index (χ2n) is 10.3. The molecule has 0 saturated heterocycles. The molecule has 0 fully saturated rings. The van der Waals surface area contributed by atoms with Crippen LogP contribution in [0.4, 0.5) is 0 Å². The molecule has 0 saturated carbocycles. The van der Waals surface area contributed by atoms with E-state index in [9.17, 15) is 0 Å². The smallest absolute Gasteiger partial charge is 0.143 e. The van der Waals surface area contributed by atoms with E-state index < -0.39 is 8.07 Å². The van der Waals surface area contributed by atoms with E-state index in [1.807, 2.05) is 0 Å². The van der Waals surface area contributed by atoms with Gasteiger partial charge in [-0.3, -0.25) is 0 Å². The van der Waals surface area contributed by atoms with Crippen LogP contribution >= 0.6 is 0 Å². The summed E-state index contributed by atoms with van der Waals surface area (Å²) >= 11 is 0. The molecule has 0 aliphatic carbocycles. The minimum atomic E-state index is -2.10. The molecule has 37 heavy (non-hydrogen) atoms. The third-order valence-corrected chi connectivity index (χ3v) is 12.4. The van der Waals surface area contributed by atoms with Crippen molar-refractivity contribution in [3.8, 4) is 0 Å². The van der Waals surface area contributed by atoms with Crippen molar-refractivity contribution >= 4 is 18.4 Å². The molecule has 4 aromatic carbocycles. The molecule has 1 aliphatic heterocycles. The lowest BCUT2D eigenvalue weighted by molar-refractivity contribution is 0.0627. The van der Waals surface area contributed by atoms with E-state index in [4.69, 9.17) is 4.74 Å². The molecule has 2 heteroatoms. The van der Waals surface area contributed by atoms with Crippen molar-refractivity contribution in [1.29, 1.82) is 0 Å². The average molecular weight is 503 g/mol. The standard InChI is InChI=1S/C35H38OSi/c1-5-15-30(16-6-1)19-13-20-32-27-33(36-26-14-21-31-17-7-2-8-18-31)29-37(28-32,34-22-9-3-10-23-34)35-24-11-4-12-25-35/h1-12,15-18,22-25,28,33H,13-14,19-21,26-27,29H2. The second kappa shape index (κ2) is 12.9. The molecule has 1 nitrogen and oxygen atoms in total. The largest absolute Gasteiger partial charge is 0.378 e. The van der Waals surface area contributed by atoms with Crippen LogP contribution in [0, 0.1) is 0 Å². The zero-order valence-electron chi connectivity index (χ0n) is 21.8. The highest BCUT2D eigenvalue weighted by atomic mass is 28.3. The number of ether oxygens (including phenoxy) is 1. The lowest BCUT2D eigenvalue weighted by Gasteiger charge is -2.39. The van der Waals surface area contributed by atoms with E-state index in [1.165, 1.54) is 27.9 Å². The number of aryl methyl sites for hydroxylation is 2. The SMILES string of the molecule is C1=C(CCCc2ccccc2)CC(OCCCc2ccccc2)C[Si]1(c1ccccc1)c1ccccc1. The number of benzene rings is 4.